The summed E-state index contributed by atoms with van der Waals surface area (Å²) in [5, 5.41) is 22.5. The van der Waals surface area contributed by atoms with Crippen LogP contribution in [0.5, 0.6) is 5.75 Å². The van der Waals surface area contributed by atoms with Gasteiger partial charge in [0.05, 0.1) is 56.4 Å². The molecule has 10 nitrogen and oxygen atoms in total. The van der Waals surface area contributed by atoms with Crippen molar-refractivity contribution in [3.63, 3.8) is 0 Å². The normalized spacial score (nSPS) is 21.6. The second-order valence-corrected chi connectivity index (χ2v) is 20.9. The van der Waals surface area contributed by atoms with Crippen molar-refractivity contribution in [1.82, 2.24) is 15.0 Å². The molecule has 0 saturated carbocycles. The van der Waals surface area contributed by atoms with E-state index in [9.17, 15) is 9.90 Å². The standard InChI is InChI=1S/C47H47N5O5Si/c1-6-25-51-40-23-18-33(52-41-17-11-15-32-14-10-16-36(43(32)41)45(52)54)27-38(40)47(46(51)55)30(2)44(58(4,5)35-21-19-34(56-3)20-22-35)42(57-47)24-26-50-28-39(48-49-50)37(29-53)31-12-8-7-9-13-31/h6-23,27-28,30,37,42,44,53H,1,24-26,29H2,2-5H3/t30-,37?,42+,44-,47+/m0/s1. The molecule has 0 radical (unpaired) electrons. The van der Waals surface area contributed by atoms with Crippen LogP contribution in [0.25, 0.3) is 10.8 Å². The first-order valence-electron chi connectivity index (χ1n) is 19.9. The summed E-state index contributed by atoms with van der Waals surface area (Å²) in [7, 11) is -0.763. The van der Waals surface area contributed by atoms with Gasteiger partial charge in [-0.3, -0.25) is 19.2 Å². The molecule has 0 aliphatic carbocycles. The van der Waals surface area contributed by atoms with E-state index < -0.39 is 13.7 Å². The summed E-state index contributed by atoms with van der Waals surface area (Å²) in [5.41, 5.74) is 4.05. The molecule has 3 aliphatic heterocycles. The molecule has 5 aromatic carbocycles. The van der Waals surface area contributed by atoms with E-state index in [0.29, 0.717) is 36.5 Å². The number of aromatic nitrogens is 3. The number of anilines is 3. The molecule has 3 aliphatic rings. The van der Waals surface area contributed by atoms with Gasteiger partial charge in [-0.25, -0.2) is 0 Å². The Hall–Kier alpha value is -5.88. The van der Waals surface area contributed by atoms with E-state index in [1.807, 2.05) is 108 Å². The number of carbonyl (C=O) groups excluding carboxylic acids is 2. The minimum atomic E-state index is -2.43. The Bertz CT molecular complexity index is 2550. The van der Waals surface area contributed by atoms with Crippen LogP contribution in [0.1, 0.15) is 46.4 Å². The van der Waals surface area contributed by atoms with Crippen molar-refractivity contribution in [3.05, 3.63) is 150 Å². The Kier molecular flexibility index (Phi) is 9.42. The van der Waals surface area contributed by atoms with Crippen LogP contribution in [0, 0.1) is 5.92 Å². The molecule has 9 rings (SSSR count). The van der Waals surface area contributed by atoms with Crippen LogP contribution < -0.4 is 19.7 Å². The second kappa shape index (κ2) is 14.5. The van der Waals surface area contributed by atoms with Crippen molar-refractivity contribution in [2.24, 2.45) is 5.92 Å². The molecular formula is C47H47N5O5Si. The highest BCUT2D eigenvalue weighted by Gasteiger charge is 2.66. The fourth-order valence-corrected chi connectivity index (χ4v) is 14.1. The fourth-order valence-electron chi connectivity index (χ4n) is 10.1. The molecule has 1 fully saturated rings. The average Bonchev–Trinajstić information content (AvgIpc) is 3.97. The lowest BCUT2D eigenvalue weighted by Crippen LogP contribution is -2.52. The number of carbonyl (C=O) groups is 2. The van der Waals surface area contributed by atoms with Gasteiger partial charge in [-0.15, -0.1) is 11.7 Å². The number of ether oxygens (including phenoxy) is 2. The third-order valence-corrected chi connectivity index (χ3v) is 17.2. The predicted molar refractivity (Wildman–Crippen MR) is 229 cm³/mol. The van der Waals surface area contributed by atoms with E-state index in [2.05, 4.69) is 49.0 Å². The van der Waals surface area contributed by atoms with Gasteiger partial charge in [0.1, 0.15) is 5.75 Å². The lowest BCUT2D eigenvalue weighted by Gasteiger charge is -2.37. The van der Waals surface area contributed by atoms with E-state index in [1.165, 1.54) is 5.19 Å². The van der Waals surface area contributed by atoms with Crippen molar-refractivity contribution < 1.29 is 24.2 Å². The molecule has 1 saturated heterocycles. The highest BCUT2D eigenvalue weighted by atomic mass is 28.3. The van der Waals surface area contributed by atoms with E-state index in [4.69, 9.17) is 9.47 Å². The monoisotopic (exact) mass is 789 g/mol. The summed E-state index contributed by atoms with van der Waals surface area (Å²) >= 11 is 0. The van der Waals surface area contributed by atoms with Crippen LogP contribution >= 0.6 is 0 Å². The zero-order valence-corrected chi connectivity index (χ0v) is 34.2. The SMILES string of the molecule is C=CCN1C(=O)[C@]2(O[C@H](CCn3cc(C(CO)c4ccccc4)nn3)[C@@H]([Si](C)(C)c3ccc(OC)cc3)[C@@H]2C)c2cc(N3C(=O)c4cccc5cccc3c45)ccc21. The molecule has 1 unspecified atom stereocenters. The van der Waals surface area contributed by atoms with Crippen molar-refractivity contribution in [3.8, 4) is 5.75 Å². The topological polar surface area (TPSA) is 110 Å². The van der Waals surface area contributed by atoms with Gasteiger partial charge in [0, 0.05) is 41.8 Å². The van der Waals surface area contributed by atoms with E-state index in [-0.39, 0.29) is 41.9 Å². The summed E-state index contributed by atoms with van der Waals surface area (Å²) in [6.07, 6.45) is 3.90. The van der Waals surface area contributed by atoms with Crippen LogP contribution in [0.15, 0.2) is 128 Å². The summed E-state index contributed by atoms with van der Waals surface area (Å²) in [6.45, 7) is 11.6. The summed E-state index contributed by atoms with van der Waals surface area (Å²) in [6, 6.07) is 35.9. The van der Waals surface area contributed by atoms with Crippen molar-refractivity contribution >= 4 is 52.9 Å². The Morgan fingerprint density at radius 2 is 1.72 bits per heavy atom. The van der Waals surface area contributed by atoms with Gasteiger partial charge >= 0.3 is 0 Å². The lowest BCUT2D eigenvalue weighted by atomic mass is 9.82. The lowest BCUT2D eigenvalue weighted by molar-refractivity contribution is -0.145. The Morgan fingerprint density at radius 3 is 2.45 bits per heavy atom. The van der Waals surface area contributed by atoms with E-state index >= 15 is 4.79 Å². The number of aliphatic hydroxyl groups excluding tert-OH is 1. The Morgan fingerprint density at radius 1 is 0.966 bits per heavy atom. The summed E-state index contributed by atoms with van der Waals surface area (Å²) < 4.78 is 14.8. The smallest absolute Gasteiger partial charge is 0.264 e. The first-order valence-corrected chi connectivity index (χ1v) is 23.0. The van der Waals surface area contributed by atoms with Gasteiger partial charge < -0.3 is 19.5 Å². The number of hydrogen-bond acceptors (Lipinski definition) is 7. The minimum absolute atomic E-state index is 0.00560. The first kappa shape index (κ1) is 37.7. The first-order chi connectivity index (χ1) is 28.1. The maximum Gasteiger partial charge on any atom is 0.264 e. The maximum absolute atomic E-state index is 15.2. The van der Waals surface area contributed by atoms with Crippen molar-refractivity contribution in [2.75, 3.05) is 30.1 Å². The third kappa shape index (κ3) is 5.74. The molecule has 294 valence electrons. The zero-order valence-electron chi connectivity index (χ0n) is 33.2. The van der Waals surface area contributed by atoms with Gasteiger partial charge in [0.15, 0.2) is 5.60 Å². The molecule has 2 amide bonds. The Labute approximate surface area is 339 Å². The molecule has 1 aromatic heterocycles. The predicted octanol–water partition coefficient (Wildman–Crippen LogP) is 7.69. The third-order valence-electron chi connectivity index (χ3n) is 12.9. The van der Waals surface area contributed by atoms with Crippen LogP contribution in [0.2, 0.25) is 18.6 Å². The molecule has 6 aromatic rings. The van der Waals surface area contributed by atoms with Crippen LogP contribution in [0.3, 0.4) is 0 Å². The molecule has 11 heteroatoms. The van der Waals surface area contributed by atoms with Gasteiger partial charge in [0.25, 0.3) is 11.8 Å². The quantitative estimate of drug-likeness (QED) is 0.100. The van der Waals surface area contributed by atoms with Crippen LogP contribution in [-0.4, -0.2) is 66.4 Å². The van der Waals surface area contributed by atoms with Gasteiger partial charge in [-0.2, -0.15) is 0 Å². The highest BCUT2D eigenvalue weighted by molar-refractivity contribution is 6.91. The molecule has 4 heterocycles. The molecule has 58 heavy (non-hydrogen) atoms. The van der Waals surface area contributed by atoms with Gasteiger partial charge in [0.2, 0.25) is 0 Å². The number of hydrogen-bond donors (Lipinski definition) is 1. The van der Waals surface area contributed by atoms with Gasteiger partial charge in [-0.1, -0.05) is 103 Å². The van der Waals surface area contributed by atoms with Crippen molar-refractivity contribution in [1.29, 1.82) is 0 Å². The molecule has 1 N–H and O–H groups in total. The van der Waals surface area contributed by atoms with Crippen LogP contribution in [-0.2, 0) is 21.7 Å². The largest absolute Gasteiger partial charge is 0.497 e. The van der Waals surface area contributed by atoms with Crippen LogP contribution in [0.4, 0.5) is 17.1 Å². The molecular weight excluding hydrogens is 743 g/mol. The number of nitrogens with zero attached hydrogens (tertiary/aromatic N) is 5. The number of aryl methyl sites for hydroxylation is 1. The highest BCUT2D eigenvalue weighted by Crippen LogP contribution is 2.60. The molecule has 0 bridgehead atoms. The van der Waals surface area contributed by atoms with Gasteiger partial charge in [-0.05, 0) is 65.4 Å². The number of fused-ring (bicyclic) bond motifs is 2. The fraction of sp³-hybridized carbons (Fsp3) is 0.277. The number of aliphatic hydroxyl groups is 1. The molecule has 5 atom stereocenters. The number of amides is 2. The number of methoxy groups -OCH3 is 1. The maximum atomic E-state index is 15.2. The summed E-state index contributed by atoms with van der Waals surface area (Å²) in [4.78, 5) is 32.9. The Balaban J connectivity index is 1.13. The number of rotatable bonds is 12. The van der Waals surface area contributed by atoms with E-state index in [1.54, 1.807) is 23.0 Å². The zero-order chi connectivity index (χ0) is 40.3. The van der Waals surface area contributed by atoms with E-state index in [0.717, 1.165) is 39.0 Å². The van der Waals surface area contributed by atoms with Crippen molar-refractivity contribution in [2.45, 2.75) is 56.1 Å². The minimum Gasteiger partial charge on any atom is -0.497 e. The number of benzene rings is 5. The molecule has 1 spiro atoms. The summed E-state index contributed by atoms with van der Waals surface area (Å²) in [5.74, 6) is 0.0394. The second-order valence-electron chi connectivity index (χ2n) is 16.2. The average molecular weight is 790 g/mol.